The number of hydrogen-bond donors (Lipinski definition) is 3. The molecule has 0 spiro atoms. The summed E-state index contributed by atoms with van der Waals surface area (Å²) < 4.78 is 4.90. The van der Waals surface area contributed by atoms with E-state index in [2.05, 4.69) is 10.6 Å². The Morgan fingerprint density at radius 1 is 1.20 bits per heavy atom. The Morgan fingerprint density at radius 2 is 1.80 bits per heavy atom. The first-order valence-electron chi connectivity index (χ1n) is 6.44. The molecule has 0 aliphatic heterocycles. The fraction of sp³-hybridized carbons (Fsp3) is 0.429. The van der Waals surface area contributed by atoms with Crippen LogP contribution >= 0.6 is 0 Å². The van der Waals surface area contributed by atoms with Crippen molar-refractivity contribution in [2.45, 2.75) is 13.0 Å². The van der Waals surface area contributed by atoms with Gasteiger partial charge in [-0.3, -0.25) is 9.59 Å². The van der Waals surface area contributed by atoms with E-state index in [4.69, 9.17) is 10.5 Å². The summed E-state index contributed by atoms with van der Waals surface area (Å²) in [6, 6.07) is 7.28. The molecule has 0 fully saturated rings. The Hall–Kier alpha value is -1.92. The van der Waals surface area contributed by atoms with E-state index < -0.39 is 6.10 Å². The minimum atomic E-state index is -0.650. The highest BCUT2D eigenvalue weighted by Gasteiger charge is 2.14. The summed E-state index contributed by atoms with van der Waals surface area (Å²) in [7, 11) is 1.43. The number of rotatable bonds is 7. The van der Waals surface area contributed by atoms with Crippen LogP contribution in [0.15, 0.2) is 24.3 Å². The highest BCUT2D eigenvalue weighted by molar-refractivity contribution is 5.94. The number of hydrogen-bond acceptors (Lipinski definition) is 4. The number of ether oxygens (including phenoxy) is 1. The van der Waals surface area contributed by atoms with E-state index in [0.717, 1.165) is 5.56 Å². The van der Waals surface area contributed by atoms with Crippen LogP contribution in [-0.2, 0) is 9.53 Å². The first-order chi connectivity index (χ1) is 9.58. The van der Waals surface area contributed by atoms with Gasteiger partial charge in [-0.2, -0.15) is 0 Å². The van der Waals surface area contributed by atoms with Crippen LogP contribution in [0, 0.1) is 6.92 Å². The van der Waals surface area contributed by atoms with Crippen LogP contribution < -0.4 is 16.4 Å². The second-order valence-corrected chi connectivity index (χ2v) is 4.37. The van der Waals surface area contributed by atoms with Gasteiger partial charge in [0, 0.05) is 32.3 Å². The van der Waals surface area contributed by atoms with Crippen molar-refractivity contribution < 1.29 is 14.3 Å². The lowest BCUT2D eigenvalue weighted by Crippen LogP contribution is -2.43. The van der Waals surface area contributed by atoms with Gasteiger partial charge in [0.2, 0.25) is 0 Å². The summed E-state index contributed by atoms with van der Waals surface area (Å²) in [5.74, 6) is -0.444. The van der Waals surface area contributed by atoms with Gasteiger partial charge >= 0.3 is 0 Å². The van der Waals surface area contributed by atoms with Crippen LogP contribution in [0.3, 0.4) is 0 Å². The second kappa shape index (κ2) is 8.29. The normalized spacial score (nSPS) is 11.8. The number of benzene rings is 1. The van der Waals surface area contributed by atoms with Gasteiger partial charge in [-0.25, -0.2) is 0 Å². The molecule has 1 aromatic carbocycles. The zero-order chi connectivity index (χ0) is 15.0. The molecule has 0 saturated heterocycles. The number of carbonyl (C=O) groups is 2. The van der Waals surface area contributed by atoms with Crippen LogP contribution in [0.2, 0.25) is 0 Å². The summed E-state index contributed by atoms with van der Waals surface area (Å²) in [6.45, 7) is 2.76. The second-order valence-electron chi connectivity index (χ2n) is 4.37. The number of amides is 2. The molecule has 0 heterocycles. The smallest absolute Gasteiger partial charge is 0.251 e. The summed E-state index contributed by atoms with van der Waals surface area (Å²) in [4.78, 5) is 23.3. The van der Waals surface area contributed by atoms with Gasteiger partial charge in [-0.1, -0.05) is 17.7 Å². The number of nitrogens with one attached hydrogen (secondary N) is 2. The van der Waals surface area contributed by atoms with E-state index in [1.54, 1.807) is 12.1 Å². The third kappa shape index (κ3) is 4.99. The van der Waals surface area contributed by atoms with Gasteiger partial charge in [0.05, 0.1) is 0 Å². The van der Waals surface area contributed by atoms with Gasteiger partial charge < -0.3 is 21.1 Å². The van der Waals surface area contributed by atoms with E-state index in [1.807, 2.05) is 19.1 Å². The lowest BCUT2D eigenvalue weighted by atomic mass is 10.1. The molecule has 0 bridgehead atoms. The van der Waals surface area contributed by atoms with Gasteiger partial charge in [-0.05, 0) is 19.1 Å². The lowest BCUT2D eigenvalue weighted by Gasteiger charge is -2.13. The zero-order valence-corrected chi connectivity index (χ0v) is 11.8. The summed E-state index contributed by atoms with van der Waals surface area (Å²) in [6.07, 6.45) is -0.650. The average Bonchev–Trinajstić information content (AvgIpc) is 2.45. The molecule has 110 valence electrons. The van der Waals surface area contributed by atoms with Crippen LogP contribution in [0.4, 0.5) is 0 Å². The zero-order valence-electron chi connectivity index (χ0n) is 11.8. The van der Waals surface area contributed by atoms with Crippen molar-refractivity contribution in [2.75, 3.05) is 26.7 Å². The van der Waals surface area contributed by atoms with E-state index in [-0.39, 0.29) is 18.4 Å². The first kappa shape index (κ1) is 16.1. The Morgan fingerprint density at radius 3 is 2.35 bits per heavy atom. The van der Waals surface area contributed by atoms with Crippen molar-refractivity contribution in [2.24, 2.45) is 5.73 Å². The molecule has 0 aromatic heterocycles. The van der Waals surface area contributed by atoms with E-state index in [0.29, 0.717) is 18.7 Å². The van der Waals surface area contributed by atoms with Gasteiger partial charge in [-0.15, -0.1) is 0 Å². The number of aryl methyl sites for hydroxylation is 1. The van der Waals surface area contributed by atoms with Crippen molar-refractivity contribution in [3.05, 3.63) is 35.4 Å². The van der Waals surface area contributed by atoms with Crippen molar-refractivity contribution in [3.8, 4) is 0 Å². The van der Waals surface area contributed by atoms with E-state index in [1.165, 1.54) is 7.11 Å². The fourth-order valence-electron chi connectivity index (χ4n) is 1.59. The largest absolute Gasteiger partial charge is 0.370 e. The quantitative estimate of drug-likeness (QED) is 0.603. The molecular formula is C14H21N3O3. The van der Waals surface area contributed by atoms with Gasteiger partial charge in [0.1, 0.15) is 6.10 Å². The molecule has 0 radical (unpaired) electrons. The SMILES string of the molecule is COC(CN)C(=O)NCCNC(=O)c1ccc(C)cc1. The first-order valence-corrected chi connectivity index (χ1v) is 6.44. The summed E-state index contributed by atoms with van der Waals surface area (Å²) in [5.41, 5.74) is 7.06. The third-order valence-corrected chi connectivity index (χ3v) is 2.81. The highest BCUT2D eigenvalue weighted by atomic mass is 16.5. The molecule has 4 N–H and O–H groups in total. The topological polar surface area (TPSA) is 93.4 Å². The van der Waals surface area contributed by atoms with Crippen molar-refractivity contribution >= 4 is 11.8 Å². The average molecular weight is 279 g/mol. The monoisotopic (exact) mass is 279 g/mol. The molecule has 1 atom stereocenters. The maximum Gasteiger partial charge on any atom is 0.251 e. The predicted octanol–water partition coefficient (Wildman–Crippen LogP) is -0.185. The van der Waals surface area contributed by atoms with E-state index >= 15 is 0 Å². The van der Waals surface area contributed by atoms with Gasteiger partial charge in [0.15, 0.2) is 0 Å². The molecule has 0 aliphatic carbocycles. The molecule has 1 aromatic rings. The number of carbonyl (C=O) groups excluding carboxylic acids is 2. The number of nitrogens with two attached hydrogens (primary N) is 1. The molecule has 1 unspecified atom stereocenters. The molecule has 0 saturated carbocycles. The molecule has 20 heavy (non-hydrogen) atoms. The lowest BCUT2D eigenvalue weighted by molar-refractivity contribution is -0.130. The predicted molar refractivity (Wildman–Crippen MR) is 76.4 cm³/mol. The minimum absolute atomic E-state index is 0.123. The molecule has 1 rings (SSSR count). The van der Waals surface area contributed by atoms with Crippen LogP contribution in [-0.4, -0.2) is 44.7 Å². The Labute approximate surface area is 118 Å². The standard InChI is InChI=1S/C14H21N3O3/c1-10-3-5-11(6-4-10)13(18)16-7-8-17-14(19)12(9-15)20-2/h3-6,12H,7-9,15H2,1-2H3,(H,16,18)(H,17,19). The number of methoxy groups -OCH3 is 1. The molecule has 6 nitrogen and oxygen atoms in total. The molecular weight excluding hydrogens is 258 g/mol. The Bertz CT molecular complexity index is 441. The Balaban J connectivity index is 2.29. The molecule has 0 aliphatic rings. The third-order valence-electron chi connectivity index (χ3n) is 2.81. The van der Waals surface area contributed by atoms with Crippen molar-refractivity contribution in [1.82, 2.24) is 10.6 Å². The minimum Gasteiger partial charge on any atom is -0.370 e. The summed E-state index contributed by atoms with van der Waals surface area (Å²) in [5, 5.41) is 5.36. The summed E-state index contributed by atoms with van der Waals surface area (Å²) >= 11 is 0. The Kier molecular flexibility index (Phi) is 6.69. The van der Waals surface area contributed by atoms with Crippen LogP contribution in [0.25, 0.3) is 0 Å². The maximum atomic E-state index is 11.8. The molecule has 6 heteroatoms. The highest BCUT2D eigenvalue weighted by Crippen LogP contribution is 2.02. The maximum absolute atomic E-state index is 11.8. The van der Waals surface area contributed by atoms with Crippen molar-refractivity contribution in [1.29, 1.82) is 0 Å². The van der Waals surface area contributed by atoms with Gasteiger partial charge in [0.25, 0.3) is 11.8 Å². The molecule has 2 amide bonds. The van der Waals surface area contributed by atoms with E-state index in [9.17, 15) is 9.59 Å². The van der Waals surface area contributed by atoms with Crippen LogP contribution in [0.5, 0.6) is 0 Å². The van der Waals surface area contributed by atoms with Crippen LogP contribution in [0.1, 0.15) is 15.9 Å². The fourth-order valence-corrected chi connectivity index (χ4v) is 1.59. The van der Waals surface area contributed by atoms with Crippen molar-refractivity contribution in [3.63, 3.8) is 0 Å².